The first kappa shape index (κ1) is 28.4. The molecular weight excluding hydrogens is 613 g/mol. The molecule has 10 rings (SSSR count). The zero-order valence-electron chi connectivity index (χ0n) is 27.4. The van der Waals surface area contributed by atoms with Crippen molar-refractivity contribution in [3.8, 4) is 44.0 Å². The predicted molar refractivity (Wildman–Crippen MR) is 207 cm³/mol. The van der Waals surface area contributed by atoms with Crippen LogP contribution in [-0.2, 0) is 11.8 Å². The second-order valence-electron chi connectivity index (χ2n) is 13.8. The number of fused-ring (bicyclic) bond motifs is 6. The van der Waals surface area contributed by atoms with Gasteiger partial charge in [-0.05, 0) is 121 Å². The van der Waals surface area contributed by atoms with Crippen LogP contribution in [0.5, 0.6) is 0 Å². The molecule has 0 atom stereocenters. The summed E-state index contributed by atoms with van der Waals surface area (Å²) in [7, 11) is 0. The van der Waals surface area contributed by atoms with Crippen molar-refractivity contribution in [2.75, 3.05) is 0 Å². The monoisotopic (exact) mass is 644 g/mol. The van der Waals surface area contributed by atoms with E-state index in [-0.39, 0.29) is 5.41 Å². The molecule has 1 aliphatic carbocycles. The molecule has 0 fully saturated rings. The van der Waals surface area contributed by atoms with Gasteiger partial charge in [0.15, 0.2) is 0 Å². The molecule has 0 bridgehead atoms. The molecule has 0 amide bonds. The molecule has 2 heterocycles. The van der Waals surface area contributed by atoms with Crippen LogP contribution in [-0.4, -0.2) is 10.7 Å². The van der Waals surface area contributed by atoms with Crippen molar-refractivity contribution >= 4 is 43.7 Å². The van der Waals surface area contributed by atoms with Gasteiger partial charge in [0.2, 0.25) is 0 Å². The van der Waals surface area contributed by atoms with E-state index in [4.69, 9.17) is 9.98 Å². The highest BCUT2D eigenvalue weighted by Crippen LogP contribution is 2.50. The first-order chi connectivity index (χ1) is 24.0. The van der Waals surface area contributed by atoms with Crippen LogP contribution >= 0.6 is 11.3 Å². The van der Waals surface area contributed by atoms with E-state index in [1.54, 1.807) is 11.3 Å². The van der Waals surface area contributed by atoms with Gasteiger partial charge in [-0.25, -0.2) is 4.98 Å². The van der Waals surface area contributed by atoms with Crippen molar-refractivity contribution < 1.29 is 0 Å². The molecule has 1 aliphatic heterocycles. The van der Waals surface area contributed by atoms with E-state index in [9.17, 15) is 0 Å². The summed E-state index contributed by atoms with van der Waals surface area (Å²) in [5.41, 5.74) is 17.0. The predicted octanol–water partition coefficient (Wildman–Crippen LogP) is 12.4. The third-order valence-corrected chi connectivity index (χ3v) is 11.6. The van der Waals surface area contributed by atoms with Crippen molar-refractivity contribution in [1.29, 1.82) is 0 Å². The minimum absolute atomic E-state index is 0.0539. The molecule has 0 spiro atoms. The van der Waals surface area contributed by atoms with E-state index < -0.39 is 0 Å². The zero-order chi connectivity index (χ0) is 32.7. The fraction of sp³-hybridized carbons (Fsp3) is 0.0870. The van der Waals surface area contributed by atoms with Gasteiger partial charge in [-0.1, -0.05) is 105 Å². The maximum Gasteiger partial charge on any atom is 0.124 e. The van der Waals surface area contributed by atoms with Gasteiger partial charge >= 0.3 is 0 Å². The van der Waals surface area contributed by atoms with E-state index in [0.717, 1.165) is 39.5 Å². The average molecular weight is 645 g/mol. The highest BCUT2D eigenvalue weighted by Gasteiger charge is 2.35. The maximum atomic E-state index is 5.13. The second kappa shape index (κ2) is 10.7. The number of aliphatic imine (C=N–C) groups is 1. The number of aromatic nitrogens is 1. The summed E-state index contributed by atoms with van der Waals surface area (Å²) >= 11 is 1.75. The Morgan fingerprint density at radius 3 is 2.22 bits per heavy atom. The van der Waals surface area contributed by atoms with Crippen LogP contribution in [0.4, 0.5) is 5.69 Å². The van der Waals surface area contributed by atoms with Crippen molar-refractivity contribution in [3.63, 3.8) is 0 Å². The van der Waals surface area contributed by atoms with Crippen molar-refractivity contribution in [1.82, 2.24) is 4.98 Å². The summed E-state index contributed by atoms with van der Waals surface area (Å²) in [4.78, 5) is 10.2. The number of thiazole rings is 1. The summed E-state index contributed by atoms with van der Waals surface area (Å²) in [5.74, 6) is 0. The van der Waals surface area contributed by atoms with E-state index in [1.807, 2.05) is 0 Å². The average Bonchev–Trinajstić information content (AvgIpc) is 3.84. The fourth-order valence-corrected chi connectivity index (χ4v) is 8.92. The Kier molecular flexibility index (Phi) is 6.19. The lowest BCUT2D eigenvalue weighted by Gasteiger charge is -2.22. The Hall–Kier alpha value is -5.64. The van der Waals surface area contributed by atoms with Crippen molar-refractivity contribution in [2.45, 2.75) is 25.7 Å². The van der Waals surface area contributed by atoms with Crippen molar-refractivity contribution in [3.05, 3.63) is 168 Å². The maximum absolute atomic E-state index is 5.13. The lowest BCUT2D eigenvalue weighted by molar-refractivity contribution is 0.660. The van der Waals surface area contributed by atoms with E-state index in [2.05, 4.69) is 159 Å². The van der Waals surface area contributed by atoms with Gasteiger partial charge in [0.05, 0.1) is 21.6 Å². The van der Waals surface area contributed by atoms with Gasteiger partial charge in [0.25, 0.3) is 0 Å². The molecular formula is C46H32N2S. The third kappa shape index (κ3) is 4.53. The van der Waals surface area contributed by atoms with Crippen LogP contribution in [0.25, 0.3) is 64.9 Å². The molecule has 0 unspecified atom stereocenters. The Morgan fingerprint density at radius 2 is 1.31 bits per heavy atom. The molecule has 0 saturated heterocycles. The Bertz CT molecular complexity index is 2640. The fourth-order valence-electron chi connectivity index (χ4n) is 7.97. The van der Waals surface area contributed by atoms with Crippen LogP contribution in [0.2, 0.25) is 0 Å². The first-order valence-electron chi connectivity index (χ1n) is 16.9. The van der Waals surface area contributed by atoms with Crippen molar-refractivity contribution in [2.24, 2.45) is 4.99 Å². The summed E-state index contributed by atoms with van der Waals surface area (Å²) in [6.45, 7) is 4.71. The van der Waals surface area contributed by atoms with Gasteiger partial charge in [-0.15, -0.1) is 11.3 Å². The zero-order valence-corrected chi connectivity index (χ0v) is 28.2. The van der Waals surface area contributed by atoms with E-state index in [0.29, 0.717) is 0 Å². The molecule has 7 aromatic carbocycles. The van der Waals surface area contributed by atoms with Gasteiger partial charge < -0.3 is 0 Å². The largest absolute Gasteiger partial charge is 0.252 e. The topological polar surface area (TPSA) is 25.2 Å². The number of hydrogen-bond donors (Lipinski definition) is 0. The lowest BCUT2D eigenvalue weighted by Crippen LogP contribution is -2.14. The van der Waals surface area contributed by atoms with E-state index in [1.165, 1.54) is 65.5 Å². The number of rotatable bonds is 4. The number of nitrogens with zero attached hydrogens (tertiary/aromatic N) is 2. The van der Waals surface area contributed by atoms with Crippen LogP contribution < -0.4 is 0 Å². The molecule has 232 valence electrons. The smallest absolute Gasteiger partial charge is 0.124 e. The Morgan fingerprint density at radius 1 is 0.551 bits per heavy atom. The molecule has 0 N–H and O–H groups in total. The van der Waals surface area contributed by atoms with Crippen LogP contribution in [0, 0.1) is 0 Å². The SMILES string of the molecule is CC1(C)c2ccccc2-c2ccc(-c3cc(-c4cc(C5=Nc6ccccc6C5)cc(-c5nc6ccccc6s5)c4)c4ccccc4c3)cc21. The van der Waals surface area contributed by atoms with Gasteiger partial charge in [-0.2, -0.15) is 0 Å². The van der Waals surface area contributed by atoms with Gasteiger partial charge in [-0.3, -0.25) is 4.99 Å². The molecule has 0 saturated carbocycles. The third-order valence-electron chi connectivity index (χ3n) is 10.5. The number of benzene rings is 7. The van der Waals surface area contributed by atoms with Gasteiger partial charge in [0, 0.05) is 17.4 Å². The molecule has 2 nitrogen and oxygen atoms in total. The molecule has 2 aliphatic rings. The molecule has 1 aromatic heterocycles. The Balaban J connectivity index is 1.17. The normalized spacial score (nSPS) is 14.1. The van der Waals surface area contributed by atoms with Gasteiger partial charge in [0.1, 0.15) is 5.01 Å². The Labute approximate surface area is 290 Å². The summed E-state index contributed by atoms with van der Waals surface area (Å²) < 4.78 is 1.20. The van der Waals surface area contributed by atoms with E-state index >= 15 is 0 Å². The second-order valence-corrected chi connectivity index (χ2v) is 14.9. The van der Waals surface area contributed by atoms with Crippen LogP contribution in [0.1, 0.15) is 36.1 Å². The highest BCUT2D eigenvalue weighted by molar-refractivity contribution is 7.21. The molecule has 8 aromatic rings. The summed E-state index contributed by atoms with van der Waals surface area (Å²) in [5, 5.41) is 3.50. The highest BCUT2D eigenvalue weighted by atomic mass is 32.1. The molecule has 49 heavy (non-hydrogen) atoms. The number of hydrogen-bond acceptors (Lipinski definition) is 3. The first-order valence-corrected chi connectivity index (χ1v) is 17.8. The molecule has 0 radical (unpaired) electrons. The lowest BCUT2D eigenvalue weighted by atomic mass is 9.81. The summed E-state index contributed by atoms with van der Waals surface area (Å²) in [6.07, 6.45) is 0.826. The standard InChI is InChI=1S/C46H32N2S/c1-46(2)39-15-7-6-14-36(39)37-20-19-28(26-40(37)46)31-21-29-11-3-5-13-35(29)38(25-31)32-22-33(43-27-30-12-4-8-16-41(30)47-43)24-34(23-32)45-48-42-17-9-10-18-44(42)49-45/h3-26H,27H2,1-2H3. The van der Waals surface area contributed by atoms with Crippen LogP contribution in [0.3, 0.4) is 0 Å². The number of para-hydroxylation sites is 2. The quantitative estimate of drug-likeness (QED) is 0.187. The minimum atomic E-state index is -0.0539. The summed E-state index contributed by atoms with van der Waals surface area (Å²) in [6, 6.07) is 53.3. The van der Waals surface area contributed by atoms with Crippen LogP contribution in [0.15, 0.2) is 151 Å². The molecule has 3 heteroatoms. The minimum Gasteiger partial charge on any atom is -0.252 e.